The molecule has 0 spiro atoms. The van der Waals surface area contributed by atoms with Crippen molar-refractivity contribution in [1.29, 1.82) is 0 Å². The maximum absolute atomic E-state index is 12.8. The van der Waals surface area contributed by atoms with Crippen molar-refractivity contribution in [2.75, 3.05) is 39.6 Å². The van der Waals surface area contributed by atoms with Gasteiger partial charge in [0.1, 0.15) is 25.4 Å². The lowest BCUT2D eigenvalue weighted by Crippen LogP contribution is -2.30. The summed E-state index contributed by atoms with van der Waals surface area (Å²) >= 11 is 0. The van der Waals surface area contributed by atoms with E-state index in [0.29, 0.717) is 25.7 Å². The van der Waals surface area contributed by atoms with Crippen LogP contribution in [0, 0.1) is 0 Å². The number of unbranched alkanes of at least 4 members (excludes halogenated alkanes) is 15. The normalized spacial score (nSPS) is 15.2. The lowest BCUT2D eigenvalue weighted by atomic mass is 10.1. The number of hydrogen-bond acceptors (Lipinski definition) is 14. The molecule has 4 N–H and O–H groups in total. The molecule has 0 aliphatic heterocycles. The molecule has 5 unspecified atom stereocenters. The molecule has 18 heteroatoms. The van der Waals surface area contributed by atoms with Crippen molar-refractivity contribution in [3.05, 3.63) is 134 Å². The topological polar surface area (TPSA) is 231 Å². The molecule has 16 nitrogen and oxygen atoms in total. The molecular formula is C69H114O16P2. The minimum absolute atomic E-state index is 0.0897. The van der Waals surface area contributed by atoms with Crippen LogP contribution in [0.3, 0.4) is 0 Å². The highest BCUT2D eigenvalue weighted by Crippen LogP contribution is 2.45. The predicted molar refractivity (Wildman–Crippen MR) is 353 cm³/mol. The van der Waals surface area contributed by atoms with E-state index < -0.39 is 91.5 Å². The molecule has 0 bridgehead atoms. The summed E-state index contributed by atoms with van der Waals surface area (Å²) in [5.74, 6) is -1.68. The molecule has 0 aliphatic rings. The maximum atomic E-state index is 12.8. The summed E-state index contributed by atoms with van der Waals surface area (Å²) in [5.41, 5.74) is 0. The van der Waals surface area contributed by atoms with E-state index >= 15 is 0 Å². The molecule has 0 saturated heterocycles. The number of hydrogen-bond donors (Lipinski definition) is 4. The van der Waals surface area contributed by atoms with Gasteiger partial charge in [-0.2, -0.15) is 0 Å². The van der Waals surface area contributed by atoms with Crippen LogP contribution >= 0.6 is 15.6 Å². The molecule has 0 rings (SSSR count). The van der Waals surface area contributed by atoms with Crippen LogP contribution in [0.4, 0.5) is 0 Å². The molecule has 0 aromatic rings. The van der Waals surface area contributed by atoms with Gasteiger partial charge >= 0.3 is 33.6 Å². The zero-order chi connectivity index (χ0) is 63.8. The van der Waals surface area contributed by atoms with Gasteiger partial charge in [-0.05, 0) is 109 Å². The number of phosphoric ester groups is 2. The van der Waals surface area contributed by atoms with Gasteiger partial charge in [0.05, 0.1) is 26.4 Å². The fourth-order valence-electron chi connectivity index (χ4n) is 7.96. The van der Waals surface area contributed by atoms with Crippen LogP contribution in [0.15, 0.2) is 134 Å². The van der Waals surface area contributed by atoms with E-state index in [-0.39, 0.29) is 19.3 Å². The Kier molecular flexibility index (Phi) is 58.8. The van der Waals surface area contributed by atoms with Crippen LogP contribution in [0.1, 0.15) is 226 Å². The highest BCUT2D eigenvalue weighted by molar-refractivity contribution is 7.47. The third-order valence-electron chi connectivity index (χ3n) is 12.9. The first-order chi connectivity index (χ1) is 42.2. The second-order valence-electron chi connectivity index (χ2n) is 21.2. The fraction of sp³-hybridized carbons (Fsp3) is 0.638. The van der Waals surface area contributed by atoms with Gasteiger partial charge in [0.25, 0.3) is 0 Å². The SMILES string of the molecule is CC/C=C\C/C=C\C/C=C\C/C=C\C/C=C\C/C=C\CCCCCCC(=O)OCC(O)COP(=O)(O)OCC(O)COP(=O)(O)OCC(COC(=O)CCC/C=C\C/C=C\C/C=C\C/C=C\C/C=C\CC)OC(=O)CCCCCCCCCCCCC. The number of phosphoric acid groups is 2. The van der Waals surface area contributed by atoms with Crippen molar-refractivity contribution in [2.24, 2.45) is 0 Å². The van der Waals surface area contributed by atoms with Crippen molar-refractivity contribution >= 4 is 33.6 Å². The standard InChI is InChI=1S/C69H114O16P2/c1-4-7-10-13-16-19-22-24-26-28-29-30-31-32-33-35-37-38-41-43-46-49-52-55-67(72)79-58-64(70)59-81-86(75,76)82-60-65(71)61-83-87(77,78)84-63-66(85-69(74)57-54-51-48-45-40-21-18-15-12-9-6-3)62-80-68(73)56-53-50-47-44-42-39-36-34-27-25-23-20-17-14-11-8-5-2/h7-8,10-11,16-17,19-20,24-27,29-30,32-33,36-39,44,47,64-66,70-71H,4-6,9,12-15,18,21-23,28,31,34-35,40-43,45-46,48-63H2,1-3H3,(H,75,76)(H,77,78)/b10-7-,11-8-,19-16-,20-17-,26-24-,27-25-,30-29-,33-32-,38-37-,39-36-,47-44-. The Bertz CT molecular complexity index is 2120. The summed E-state index contributed by atoms with van der Waals surface area (Å²) in [7, 11) is -9.79. The molecule has 0 aromatic carbocycles. The third kappa shape index (κ3) is 63.1. The van der Waals surface area contributed by atoms with E-state index in [9.17, 15) is 43.5 Å². The number of aliphatic hydroxyl groups is 2. The fourth-order valence-corrected chi connectivity index (χ4v) is 9.55. The average Bonchev–Trinajstić information content (AvgIpc) is 3.57. The summed E-state index contributed by atoms with van der Waals surface area (Å²) in [6, 6.07) is 0. The van der Waals surface area contributed by atoms with Crippen molar-refractivity contribution in [3.8, 4) is 0 Å². The first-order valence-corrected chi connectivity index (χ1v) is 35.5. The monoisotopic (exact) mass is 1260 g/mol. The first kappa shape index (κ1) is 82.7. The highest BCUT2D eigenvalue weighted by Gasteiger charge is 2.29. The highest BCUT2D eigenvalue weighted by atomic mass is 31.2. The Hall–Kier alpha value is -4.31. The second kappa shape index (κ2) is 61.9. The average molecular weight is 1260 g/mol. The molecule has 0 amide bonds. The predicted octanol–water partition coefficient (Wildman–Crippen LogP) is 17.6. The summed E-state index contributed by atoms with van der Waals surface area (Å²) in [6.07, 6.45) is 71.0. The van der Waals surface area contributed by atoms with Gasteiger partial charge in [-0.3, -0.25) is 32.5 Å². The Morgan fingerprint density at radius 2 is 0.621 bits per heavy atom. The molecule has 0 fully saturated rings. The van der Waals surface area contributed by atoms with Crippen molar-refractivity contribution < 1.29 is 75.8 Å². The van der Waals surface area contributed by atoms with Crippen molar-refractivity contribution in [2.45, 2.75) is 245 Å². The summed E-state index contributed by atoms with van der Waals surface area (Å²) in [5, 5.41) is 20.5. The van der Waals surface area contributed by atoms with Crippen molar-refractivity contribution in [1.82, 2.24) is 0 Å². The molecular weight excluding hydrogens is 1150 g/mol. The zero-order valence-electron chi connectivity index (χ0n) is 53.4. The molecule has 0 radical (unpaired) electrons. The summed E-state index contributed by atoms with van der Waals surface area (Å²) in [6.45, 7) is 2.30. The van der Waals surface area contributed by atoms with Crippen LogP contribution in [0.25, 0.3) is 0 Å². The van der Waals surface area contributed by atoms with Gasteiger partial charge in [-0.15, -0.1) is 0 Å². The number of esters is 3. The number of ether oxygens (including phenoxy) is 3. The van der Waals surface area contributed by atoms with Crippen molar-refractivity contribution in [3.63, 3.8) is 0 Å². The molecule has 0 aliphatic carbocycles. The smallest absolute Gasteiger partial charge is 0.463 e. The van der Waals surface area contributed by atoms with Gasteiger partial charge in [0.15, 0.2) is 6.10 Å². The number of carbonyl (C=O) groups excluding carboxylic acids is 3. The first-order valence-electron chi connectivity index (χ1n) is 32.5. The van der Waals surface area contributed by atoms with Gasteiger partial charge < -0.3 is 34.2 Å². The molecule has 0 aromatic heterocycles. The van der Waals surface area contributed by atoms with Gasteiger partial charge in [-0.25, -0.2) is 9.13 Å². The molecule has 0 heterocycles. The van der Waals surface area contributed by atoms with Gasteiger partial charge in [-0.1, -0.05) is 231 Å². The maximum Gasteiger partial charge on any atom is 0.472 e. The number of aliphatic hydroxyl groups excluding tert-OH is 2. The largest absolute Gasteiger partial charge is 0.472 e. The lowest BCUT2D eigenvalue weighted by Gasteiger charge is -2.21. The van der Waals surface area contributed by atoms with Crippen LogP contribution < -0.4 is 0 Å². The Morgan fingerprint density at radius 1 is 0.333 bits per heavy atom. The Morgan fingerprint density at radius 3 is 1.01 bits per heavy atom. The summed E-state index contributed by atoms with van der Waals surface area (Å²) in [4.78, 5) is 58.2. The van der Waals surface area contributed by atoms with Crippen LogP contribution in [0.2, 0.25) is 0 Å². The minimum Gasteiger partial charge on any atom is -0.463 e. The van der Waals surface area contributed by atoms with E-state index in [1.807, 2.05) is 12.2 Å². The number of allylic oxidation sites excluding steroid dienone is 22. The quantitative estimate of drug-likeness (QED) is 0.0146. The Labute approximate surface area is 525 Å². The van der Waals surface area contributed by atoms with Crippen LogP contribution in [0.5, 0.6) is 0 Å². The third-order valence-corrected chi connectivity index (χ3v) is 14.8. The number of rotatable bonds is 60. The van der Waals surface area contributed by atoms with Gasteiger partial charge in [0.2, 0.25) is 0 Å². The molecule has 5 atom stereocenters. The lowest BCUT2D eigenvalue weighted by molar-refractivity contribution is -0.161. The molecule has 496 valence electrons. The van der Waals surface area contributed by atoms with Crippen LogP contribution in [-0.4, -0.2) is 95.9 Å². The van der Waals surface area contributed by atoms with E-state index in [1.165, 1.54) is 38.5 Å². The summed E-state index contributed by atoms with van der Waals surface area (Å²) < 4.78 is 60.6. The van der Waals surface area contributed by atoms with E-state index in [2.05, 4.69) is 142 Å². The molecule has 87 heavy (non-hydrogen) atoms. The zero-order valence-corrected chi connectivity index (χ0v) is 55.2. The minimum atomic E-state index is -4.93. The number of carbonyl (C=O) groups is 3. The van der Waals surface area contributed by atoms with E-state index in [4.69, 9.17) is 32.3 Å². The second-order valence-corrected chi connectivity index (χ2v) is 24.1. The van der Waals surface area contributed by atoms with Crippen LogP contribution in [-0.2, 0) is 55.8 Å². The van der Waals surface area contributed by atoms with Gasteiger partial charge in [0, 0.05) is 19.3 Å². The Balaban J connectivity index is 4.65. The molecule has 0 saturated carbocycles. The van der Waals surface area contributed by atoms with E-state index in [0.717, 1.165) is 122 Å². The van der Waals surface area contributed by atoms with E-state index in [1.54, 1.807) is 0 Å².